The zero-order valence-corrected chi connectivity index (χ0v) is 38.1. The number of anilines is 1. The molecule has 2 fully saturated rings. The number of azide groups is 2. The lowest BCUT2D eigenvalue weighted by Gasteiger charge is -2.53. The first-order valence-electron chi connectivity index (χ1n) is 22.6. The molecule has 6 aromatic rings. The van der Waals surface area contributed by atoms with Gasteiger partial charge in [-0.3, -0.25) is 0 Å². The molecular weight excluding hydrogens is 827 g/mol. The van der Waals surface area contributed by atoms with Gasteiger partial charge in [0.25, 0.3) is 0 Å². The summed E-state index contributed by atoms with van der Waals surface area (Å²) < 4.78 is 31.2. The normalized spacial score (nSPS) is 22.3. The van der Waals surface area contributed by atoms with Gasteiger partial charge < -0.3 is 28.6 Å². The predicted octanol–water partition coefficient (Wildman–Crippen LogP) is 13.1. The first-order chi connectivity index (χ1) is 32.0. The van der Waals surface area contributed by atoms with Gasteiger partial charge in [-0.15, -0.1) is 0 Å². The summed E-state index contributed by atoms with van der Waals surface area (Å²) in [5.74, 6) is 2.84. The van der Waals surface area contributed by atoms with E-state index in [1.165, 1.54) is 22.3 Å². The smallest absolute Gasteiger partial charge is 0.178 e. The summed E-state index contributed by atoms with van der Waals surface area (Å²) in [7, 11) is 3.42. The number of morpholine rings is 1. The van der Waals surface area contributed by atoms with Crippen LogP contribution in [-0.4, -0.2) is 53.8 Å². The van der Waals surface area contributed by atoms with E-state index in [1.807, 2.05) is 36.4 Å². The Morgan fingerprint density at radius 1 is 0.727 bits per heavy atom. The Hall–Kier alpha value is -7.10. The molecule has 6 aromatic carbocycles. The van der Waals surface area contributed by atoms with Crippen LogP contribution < -0.4 is 23.8 Å². The molecule has 3 unspecified atom stereocenters. The number of benzene rings is 6. The van der Waals surface area contributed by atoms with Crippen molar-refractivity contribution in [3.8, 4) is 45.3 Å². The molecule has 2 aliphatic carbocycles. The number of rotatable bonds is 11. The predicted molar refractivity (Wildman–Crippen MR) is 259 cm³/mol. The van der Waals surface area contributed by atoms with E-state index in [0.29, 0.717) is 25.5 Å². The largest absolute Gasteiger partial charge is 0.497 e. The van der Waals surface area contributed by atoms with E-state index < -0.39 is 11.0 Å². The molecule has 2 heterocycles. The van der Waals surface area contributed by atoms with Crippen LogP contribution >= 0.6 is 0 Å². The lowest BCUT2D eigenvalue weighted by molar-refractivity contribution is 0.0569. The third-order valence-corrected chi connectivity index (χ3v) is 14.2. The van der Waals surface area contributed by atoms with Crippen LogP contribution in [-0.2, 0) is 15.8 Å². The summed E-state index contributed by atoms with van der Waals surface area (Å²) in [6, 6.07) is 37.9. The van der Waals surface area contributed by atoms with E-state index in [1.54, 1.807) is 14.2 Å². The Morgan fingerprint density at radius 2 is 1.42 bits per heavy atom. The highest BCUT2D eigenvalue weighted by atomic mass is 16.5. The molecule has 12 heteroatoms. The maximum Gasteiger partial charge on any atom is 0.178 e. The van der Waals surface area contributed by atoms with Gasteiger partial charge in [-0.05, 0) is 129 Å². The summed E-state index contributed by atoms with van der Waals surface area (Å²) in [6.45, 7) is 10.4. The molecule has 2 aliphatic heterocycles. The van der Waals surface area contributed by atoms with Gasteiger partial charge in [0.1, 0.15) is 23.0 Å². The third kappa shape index (κ3) is 7.22. The monoisotopic (exact) mass is 879 g/mol. The fraction of sp³-hybridized carbons (Fsp3) is 0.333. The molecule has 334 valence electrons. The van der Waals surface area contributed by atoms with Crippen molar-refractivity contribution >= 4 is 22.5 Å². The molecule has 0 amide bonds. The number of methoxy groups -OCH3 is 2. The number of hydrogen-bond acceptors (Lipinski definition) is 8. The van der Waals surface area contributed by atoms with E-state index in [9.17, 15) is 5.53 Å². The Kier molecular flexibility index (Phi) is 10.8. The molecule has 0 N–H and O–H groups in total. The van der Waals surface area contributed by atoms with Crippen molar-refractivity contribution in [2.45, 2.75) is 51.0 Å². The van der Waals surface area contributed by atoms with Crippen LogP contribution in [0, 0.1) is 10.8 Å². The minimum absolute atomic E-state index is 0.0993. The van der Waals surface area contributed by atoms with Gasteiger partial charge in [-0.25, -0.2) is 0 Å². The standard InChI is InChI=1S/C54H53N7O5/c1-51(2)30-52(3,33-57-59-55)32-53(31-51)46-9-7-6-8-41(46)48-44-29-47(63-5)43(35-10-16-38(17-11-35)61-24-26-64-27-25-61)28-45(44)50-42(49(48)53)22-23-54(66-50,36-12-18-39(62-4)19-13-36)37-14-20-40(21-15-37)65-34-58-60-56/h6-23,28-29H,24-27,30-34H2,1-5H3. The second-order valence-electron chi connectivity index (χ2n) is 19.2. The number of hydrogen-bond donors (Lipinski definition) is 0. The van der Waals surface area contributed by atoms with Crippen molar-refractivity contribution in [1.82, 2.24) is 0 Å². The van der Waals surface area contributed by atoms with Gasteiger partial charge in [0.05, 0.1) is 27.4 Å². The van der Waals surface area contributed by atoms with Crippen LogP contribution in [0.5, 0.6) is 23.0 Å². The van der Waals surface area contributed by atoms with E-state index in [2.05, 4.69) is 131 Å². The quantitative estimate of drug-likeness (QED) is 0.0719. The van der Waals surface area contributed by atoms with E-state index in [4.69, 9.17) is 29.2 Å². The molecule has 0 bridgehead atoms. The number of ether oxygens (including phenoxy) is 5. The van der Waals surface area contributed by atoms with Crippen LogP contribution in [0.2, 0.25) is 0 Å². The summed E-state index contributed by atoms with van der Waals surface area (Å²) in [5, 5.41) is 9.80. The van der Waals surface area contributed by atoms with Crippen LogP contribution in [0.1, 0.15) is 67.9 Å². The van der Waals surface area contributed by atoms with Crippen LogP contribution in [0.25, 0.3) is 60.0 Å². The fourth-order valence-corrected chi connectivity index (χ4v) is 12.1. The summed E-state index contributed by atoms with van der Waals surface area (Å²) >= 11 is 0. The topological polar surface area (TPSA) is 147 Å². The Balaban J connectivity index is 1.25. The number of nitrogens with zero attached hydrogens (tertiary/aromatic N) is 7. The lowest BCUT2D eigenvalue weighted by atomic mass is 9.51. The summed E-state index contributed by atoms with van der Waals surface area (Å²) in [6.07, 6.45) is 7.09. The molecule has 1 spiro atoms. The van der Waals surface area contributed by atoms with Gasteiger partial charge in [-0.2, -0.15) is 0 Å². The van der Waals surface area contributed by atoms with Gasteiger partial charge in [0.15, 0.2) is 12.3 Å². The Labute approximate surface area is 385 Å². The van der Waals surface area contributed by atoms with Crippen molar-refractivity contribution < 1.29 is 23.7 Å². The summed E-state index contributed by atoms with van der Waals surface area (Å²) in [4.78, 5) is 8.46. The first-order valence-corrected chi connectivity index (χ1v) is 22.6. The lowest BCUT2D eigenvalue weighted by Crippen LogP contribution is -2.46. The first kappa shape index (κ1) is 42.8. The fourth-order valence-electron chi connectivity index (χ4n) is 12.1. The molecule has 12 nitrogen and oxygen atoms in total. The van der Waals surface area contributed by atoms with Crippen molar-refractivity contribution in [1.29, 1.82) is 0 Å². The van der Waals surface area contributed by atoms with Gasteiger partial charge in [-0.1, -0.05) is 97.7 Å². The molecule has 66 heavy (non-hydrogen) atoms. The molecule has 1 saturated carbocycles. The molecular formula is C54H53N7O5. The minimum atomic E-state index is -1.09. The second kappa shape index (κ2) is 16.7. The summed E-state index contributed by atoms with van der Waals surface area (Å²) in [5.41, 5.74) is 27.5. The minimum Gasteiger partial charge on any atom is -0.497 e. The molecule has 10 rings (SSSR count). The molecule has 3 atom stereocenters. The van der Waals surface area contributed by atoms with E-state index in [-0.39, 0.29) is 17.6 Å². The number of fused-ring (bicyclic) bond motifs is 10. The van der Waals surface area contributed by atoms with Crippen LogP contribution in [0.4, 0.5) is 5.69 Å². The Morgan fingerprint density at radius 3 is 2.11 bits per heavy atom. The highest BCUT2D eigenvalue weighted by molar-refractivity contribution is 6.10. The average molecular weight is 880 g/mol. The van der Waals surface area contributed by atoms with Gasteiger partial charge >= 0.3 is 0 Å². The highest BCUT2D eigenvalue weighted by Gasteiger charge is 2.56. The maximum absolute atomic E-state index is 9.63. The molecule has 4 aliphatic rings. The molecule has 1 saturated heterocycles. The van der Waals surface area contributed by atoms with E-state index in [0.717, 1.165) is 93.9 Å². The van der Waals surface area contributed by atoms with Crippen LogP contribution in [0.15, 0.2) is 125 Å². The van der Waals surface area contributed by atoms with Gasteiger partial charge in [0, 0.05) is 68.2 Å². The van der Waals surface area contributed by atoms with Gasteiger partial charge in [0.2, 0.25) is 0 Å². The zero-order chi connectivity index (χ0) is 45.7. The second-order valence-corrected chi connectivity index (χ2v) is 19.2. The zero-order valence-electron chi connectivity index (χ0n) is 38.1. The Bertz CT molecular complexity index is 2970. The molecule has 0 aromatic heterocycles. The van der Waals surface area contributed by atoms with Crippen molar-refractivity contribution in [2.75, 3.05) is 58.7 Å². The van der Waals surface area contributed by atoms with E-state index >= 15 is 0 Å². The van der Waals surface area contributed by atoms with Crippen LogP contribution in [0.3, 0.4) is 0 Å². The van der Waals surface area contributed by atoms with Crippen molar-refractivity contribution in [3.05, 3.63) is 164 Å². The molecule has 0 radical (unpaired) electrons. The highest BCUT2D eigenvalue weighted by Crippen LogP contribution is 2.67. The van der Waals surface area contributed by atoms with Crippen molar-refractivity contribution in [2.24, 2.45) is 21.1 Å². The third-order valence-electron chi connectivity index (χ3n) is 14.2. The maximum atomic E-state index is 9.63. The SMILES string of the molecule is COc1ccc(C2(c3ccc(OCN=[N+]=[N-])cc3)C=Cc3c4c(c5cc(OC)c(-c6ccc(N7CCOCC7)cc6)cc5c3O2)-c2ccccc2C42CC(C)(C)CC(C)(CN=[N+]=[N-])C2)cc1. The average Bonchev–Trinajstić information content (AvgIpc) is 3.60. The van der Waals surface area contributed by atoms with Crippen molar-refractivity contribution in [3.63, 3.8) is 0 Å².